The number of carbonyl (C=O) groups excluding carboxylic acids is 1. The van der Waals surface area contributed by atoms with Gasteiger partial charge in [-0.3, -0.25) is 4.79 Å². The average molecular weight is 214 g/mol. The van der Waals surface area contributed by atoms with Crippen LogP contribution in [0.2, 0.25) is 0 Å². The Kier molecular flexibility index (Phi) is 5.05. The summed E-state index contributed by atoms with van der Waals surface area (Å²) in [6.45, 7) is 4.27. The highest BCUT2D eigenvalue weighted by Crippen LogP contribution is 2.14. The van der Waals surface area contributed by atoms with Crippen molar-refractivity contribution in [2.45, 2.75) is 12.8 Å². The summed E-state index contributed by atoms with van der Waals surface area (Å²) >= 11 is 0. The largest absolute Gasteiger partial charge is 0.469 e. The molecule has 1 rings (SSSR count). The Bertz CT molecular complexity index is 209. The van der Waals surface area contributed by atoms with Crippen molar-refractivity contribution in [2.24, 2.45) is 5.92 Å². The molecule has 88 valence electrons. The molecule has 0 bridgehead atoms. The second-order valence-corrected chi connectivity index (χ2v) is 4.51. The predicted octanol–water partition coefficient (Wildman–Crippen LogP) is 0.433. The maximum atomic E-state index is 10.9. The summed E-state index contributed by atoms with van der Waals surface area (Å²) < 4.78 is 4.61. The average Bonchev–Trinajstić information content (AvgIpc) is 2.60. The first-order chi connectivity index (χ1) is 7.11. The van der Waals surface area contributed by atoms with Crippen LogP contribution in [0.5, 0.6) is 0 Å². The Balaban J connectivity index is 2.13. The third-order valence-corrected chi connectivity index (χ3v) is 2.98. The molecule has 0 N–H and O–H groups in total. The quantitative estimate of drug-likeness (QED) is 0.621. The van der Waals surface area contributed by atoms with Crippen LogP contribution in [0, 0.1) is 5.92 Å². The topological polar surface area (TPSA) is 32.8 Å². The number of methoxy groups -OCH3 is 1. The molecule has 1 saturated heterocycles. The van der Waals surface area contributed by atoms with E-state index in [1.807, 2.05) is 0 Å². The number of esters is 1. The summed E-state index contributed by atoms with van der Waals surface area (Å²) in [5, 5.41) is 0. The minimum Gasteiger partial charge on any atom is -0.469 e. The number of hydrogen-bond donors (Lipinski definition) is 0. The van der Waals surface area contributed by atoms with Gasteiger partial charge in [0.2, 0.25) is 0 Å². The fourth-order valence-electron chi connectivity index (χ4n) is 2.09. The highest BCUT2D eigenvalue weighted by Gasteiger charge is 2.20. The molecule has 1 heterocycles. The SMILES string of the molecule is COC(=O)CCN(C)CC1CCN(C)C1. The molecule has 15 heavy (non-hydrogen) atoms. The molecule has 0 saturated carbocycles. The van der Waals surface area contributed by atoms with Crippen LogP contribution in [0.25, 0.3) is 0 Å². The molecule has 4 nitrogen and oxygen atoms in total. The lowest BCUT2D eigenvalue weighted by molar-refractivity contribution is -0.140. The Hall–Kier alpha value is -0.610. The molecule has 0 amide bonds. The highest BCUT2D eigenvalue weighted by molar-refractivity contribution is 5.69. The van der Waals surface area contributed by atoms with E-state index in [4.69, 9.17) is 0 Å². The Morgan fingerprint density at radius 1 is 1.60 bits per heavy atom. The van der Waals surface area contributed by atoms with E-state index in [0.29, 0.717) is 6.42 Å². The van der Waals surface area contributed by atoms with Crippen molar-refractivity contribution in [1.29, 1.82) is 0 Å². The smallest absolute Gasteiger partial charge is 0.306 e. The number of nitrogens with zero attached hydrogens (tertiary/aromatic N) is 2. The van der Waals surface area contributed by atoms with Crippen molar-refractivity contribution >= 4 is 5.97 Å². The molecule has 0 aromatic rings. The first kappa shape index (κ1) is 12.5. The lowest BCUT2D eigenvalue weighted by Gasteiger charge is -2.20. The van der Waals surface area contributed by atoms with E-state index < -0.39 is 0 Å². The van der Waals surface area contributed by atoms with Crippen molar-refractivity contribution in [3.63, 3.8) is 0 Å². The van der Waals surface area contributed by atoms with Gasteiger partial charge < -0.3 is 14.5 Å². The normalized spacial score (nSPS) is 22.3. The number of hydrogen-bond acceptors (Lipinski definition) is 4. The zero-order valence-electron chi connectivity index (χ0n) is 10.0. The van der Waals surface area contributed by atoms with Gasteiger partial charge in [0, 0.05) is 19.6 Å². The van der Waals surface area contributed by atoms with Crippen LogP contribution in [-0.4, -0.2) is 63.2 Å². The zero-order valence-corrected chi connectivity index (χ0v) is 10.0. The lowest BCUT2D eigenvalue weighted by Crippen LogP contribution is -2.29. The molecule has 0 aliphatic carbocycles. The van der Waals surface area contributed by atoms with Crippen molar-refractivity contribution in [2.75, 3.05) is 47.4 Å². The summed E-state index contributed by atoms with van der Waals surface area (Å²) in [5.74, 6) is 0.642. The van der Waals surface area contributed by atoms with Crippen molar-refractivity contribution in [3.8, 4) is 0 Å². The Morgan fingerprint density at radius 2 is 2.33 bits per heavy atom. The molecule has 0 aromatic heterocycles. The fourth-order valence-corrected chi connectivity index (χ4v) is 2.09. The molecule has 1 aliphatic heterocycles. The second-order valence-electron chi connectivity index (χ2n) is 4.51. The van der Waals surface area contributed by atoms with Gasteiger partial charge >= 0.3 is 5.97 Å². The molecule has 1 fully saturated rings. The van der Waals surface area contributed by atoms with Gasteiger partial charge in [-0.2, -0.15) is 0 Å². The van der Waals surface area contributed by atoms with E-state index in [9.17, 15) is 4.79 Å². The van der Waals surface area contributed by atoms with Crippen LogP contribution in [0.3, 0.4) is 0 Å². The molecule has 0 spiro atoms. The number of ether oxygens (including phenoxy) is 1. The van der Waals surface area contributed by atoms with Crippen LogP contribution < -0.4 is 0 Å². The third kappa shape index (κ3) is 4.62. The standard InChI is InChI=1S/C11H22N2O2/c1-12-6-4-10(8-12)9-13(2)7-5-11(14)15-3/h10H,4-9H2,1-3H3. The van der Waals surface area contributed by atoms with Gasteiger partial charge in [0.1, 0.15) is 0 Å². The second kappa shape index (κ2) is 6.08. The van der Waals surface area contributed by atoms with E-state index in [1.165, 1.54) is 26.6 Å². The van der Waals surface area contributed by atoms with Gasteiger partial charge in [0.25, 0.3) is 0 Å². The van der Waals surface area contributed by atoms with E-state index in [0.717, 1.165) is 19.0 Å². The van der Waals surface area contributed by atoms with Crippen LogP contribution >= 0.6 is 0 Å². The summed E-state index contributed by atoms with van der Waals surface area (Å²) in [6.07, 6.45) is 1.77. The summed E-state index contributed by atoms with van der Waals surface area (Å²) in [4.78, 5) is 15.5. The monoisotopic (exact) mass is 214 g/mol. The van der Waals surface area contributed by atoms with Gasteiger partial charge in [-0.15, -0.1) is 0 Å². The van der Waals surface area contributed by atoms with Crippen molar-refractivity contribution < 1.29 is 9.53 Å². The van der Waals surface area contributed by atoms with Crippen LogP contribution in [0.4, 0.5) is 0 Å². The minimum absolute atomic E-state index is 0.120. The Labute approximate surface area is 92.2 Å². The predicted molar refractivity (Wildman–Crippen MR) is 59.7 cm³/mol. The Morgan fingerprint density at radius 3 is 2.87 bits per heavy atom. The molecule has 1 aliphatic rings. The number of rotatable bonds is 5. The van der Waals surface area contributed by atoms with Gasteiger partial charge in [-0.05, 0) is 33.0 Å². The van der Waals surface area contributed by atoms with Gasteiger partial charge in [0.15, 0.2) is 0 Å². The number of carbonyl (C=O) groups is 1. The van der Waals surface area contributed by atoms with E-state index >= 15 is 0 Å². The summed E-state index contributed by atoms with van der Waals surface area (Å²) in [7, 11) is 5.67. The minimum atomic E-state index is -0.120. The molecule has 0 radical (unpaired) electrons. The first-order valence-corrected chi connectivity index (χ1v) is 5.55. The number of likely N-dealkylation sites (tertiary alicyclic amines) is 1. The lowest BCUT2D eigenvalue weighted by atomic mass is 10.1. The van der Waals surface area contributed by atoms with Gasteiger partial charge in [-0.25, -0.2) is 0 Å². The molecule has 1 unspecified atom stereocenters. The maximum Gasteiger partial charge on any atom is 0.306 e. The molecule has 4 heteroatoms. The van der Waals surface area contributed by atoms with Crippen LogP contribution in [-0.2, 0) is 9.53 Å². The van der Waals surface area contributed by atoms with Crippen molar-refractivity contribution in [3.05, 3.63) is 0 Å². The van der Waals surface area contributed by atoms with Crippen LogP contribution in [0.1, 0.15) is 12.8 Å². The third-order valence-electron chi connectivity index (χ3n) is 2.98. The summed E-state index contributed by atoms with van der Waals surface area (Å²) in [5.41, 5.74) is 0. The molecular formula is C11H22N2O2. The van der Waals surface area contributed by atoms with Crippen molar-refractivity contribution in [1.82, 2.24) is 9.80 Å². The molecule has 0 aromatic carbocycles. The fraction of sp³-hybridized carbons (Fsp3) is 0.909. The summed E-state index contributed by atoms with van der Waals surface area (Å²) in [6, 6.07) is 0. The maximum absolute atomic E-state index is 10.9. The van der Waals surface area contributed by atoms with E-state index in [-0.39, 0.29) is 5.97 Å². The zero-order chi connectivity index (χ0) is 11.3. The van der Waals surface area contributed by atoms with Gasteiger partial charge in [-0.1, -0.05) is 0 Å². The molecular weight excluding hydrogens is 192 g/mol. The molecule has 1 atom stereocenters. The van der Waals surface area contributed by atoms with E-state index in [1.54, 1.807) is 0 Å². The first-order valence-electron chi connectivity index (χ1n) is 5.55. The highest BCUT2D eigenvalue weighted by atomic mass is 16.5. The van der Waals surface area contributed by atoms with E-state index in [2.05, 4.69) is 28.6 Å². The van der Waals surface area contributed by atoms with Crippen LogP contribution in [0.15, 0.2) is 0 Å². The van der Waals surface area contributed by atoms with Gasteiger partial charge in [0.05, 0.1) is 13.5 Å².